The van der Waals surface area contributed by atoms with Crippen molar-refractivity contribution in [3.8, 4) is 0 Å². The van der Waals surface area contributed by atoms with Crippen LogP contribution in [-0.2, 0) is 9.59 Å². The SMILES string of the molecule is O=C(O)C(=CNc1ccc(F)cc1[N+](=O)[O-])C(=O)O. The van der Waals surface area contributed by atoms with E-state index in [1.165, 1.54) is 0 Å². The summed E-state index contributed by atoms with van der Waals surface area (Å²) in [6, 6.07) is 2.52. The van der Waals surface area contributed by atoms with E-state index in [4.69, 9.17) is 10.2 Å². The first-order valence-electron chi connectivity index (χ1n) is 4.70. The molecule has 3 N–H and O–H groups in total. The lowest BCUT2D eigenvalue weighted by Gasteiger charge is -2.03. The highest BCUT2D eigenvalue weighted by Crippen LogP contribution is 2.25. The lowest BCUT2D eigenvalue weighted by atomic mass is 10.2. The maximum Gasteiger partial charge on any atom is 0.344 e. The van der Waals surface area contributed by atoms with Crippen molar-refractivity contribution < 1.29 is 29.1 Å². The topological polar surface area (TPSA) is 130 Å². The summed E-state index contributed by atoms with van der Waals surface area (Å²) in [5.74, 6) is -4.28. The van der Waals surface area contributed by atoms with E-state index in [9.17, 15) is 24.1 Å². The van der Waals surface area contributed by atoms with Gasteiger partial charge < -0.3 is 15.5 Å². The second-order valence-electron chi connectivity index (χ2n) is 3.23. The maximum absolute atomic E-state index is 12.8. The van der Waals surface area contributed by atoms with Crippen molar-refractivity contribution >= 4 is 23.3 Å². The highest BCUT2D eigenvalue weighted by atomic mass is 19.1. The number of rotatable bonds is 5. The summed E-state index contributed by atoms with van der Waals surface area (Å²) in [5.41, 5.74) is -1.89. The van der Waals surface area contributed by atoms with Crippen LogP contribution in [0.3, 0.4) is 0 Å². The molecule has 0 unspecified atom stereocenters. The van der Waals surface area contributed by atoms with Crippen molar-refractivity contribution in [2.45, 2.75) is 0 Å². The number of hydrogen-bond acceptors (Lipinski definition) is 5. The van der Waals surface area contributed by atoms with Crippen molar-refractivity contribution in [3.63, 3.8) is 0 Å². The van der Waals surface area contributed by atoms with Gasteiger partial charge in [-0.2, -0.15) is 0 Å². The molecule has 0 aliphatic heterocycles. The van der Waals surface area contributed by atoms with Gasteiger partial charge >= 0.3 is 11.9 Å². The minimum atomic E-state index is -1.72. The molecule has 0 aliphatic carbocycles. The molecule has 8 nitrogen and oxygen atoms in total. The monoisotopic (exact) mass is 270 g/mol. The van der Waals surface area contributed by atoms with Gasteiger partial charge in [0.05, 0.1) is 11.0 Å². The molecule has 0 amide bonds. The molecule has 0 saturated heterocycles. The van der Waals surface area contributed by atoms with Crippen LogP contribution in [-0.4, -0.2) is 27.1 Å². The highest BCUT2D eigenvalue weighted by molar-refractivity contribution is 6.12. The zero-order valence-electron chi connectivity index (χ0n) is 9.16. The number of hydrogen-bond donors (Lipinski definition) is 3. The van der Waals surface area contributed by atoms with E-state index in [0.717, 1.165) is 12.1 Å². The second kappa shape index (κ2) is 5.58. The quantitative estimate of drug-likeness (QED) is 0.241. The summed E-state index contributed by atoms with van der Waals surface area (Å²) in [7, 11) is 0. The predicted molar refractivity (Wildman–Crippen MR) is 60.0 cm³/mol. The molecule has 0 spiro atoms. The number of nitro groups is 1. The van der Waals surface area contributed by atoms with Crippen LogP contribution in [0.25, 0.3) is 0 Å². The Balaban J connectivity index is 3.13. The fraction of sp³-hybridized carbons (Fsp3) is 0. The molecule has 19 heavy (non-hydrogen) atoms. The summed E-state index contributed by atoms with van der Waals surface area (Å²) in [5, 5.41) is 29.9. The van der Waals surface area contributed by atoms with E-state index in [2.05, 4.69) is 5.32 Å². The lowest BCUT2D eigenvalue weighted by Crippen LogP contribution is -2.13. The molecule has 9 heteroatoms. The van der Waals surface area contributed by atoms with Crippen LogP contribution in [0.15, 0.2) is 30.0 Å². The maximum atomic E-state index is 12.8. The molecule has 0 atom stereocenters. The minimum absolute atomic E-state index is 0.230. The zero-order chi connectivity index (χ0) is 14.6. The molecular weight excluding hydrogens is 263 g/mol. The molecule has 0 aliphatic rings. The molecule has 100 valence electrons. The normalized spacial score (nSPS) is 9.53. The number of carbonyl (C=O) groups is 2. The van der Waals surface area contributed by atoms with Gasteiger partial charge in [0, 0.05) is 6.20 Å². The van der Waals surface area contributed by atoms with E-state index >= 15 is 0 Å². The van der Waals surface area contributed by atoms with Crippen molar-refractivity contribution in [2.24, 2.45) is 0 Å². The molecule has 0 heterocycles. The molecule has 1 aromatic rings. The number of nitro benzene ring substituents is 1. The van der Waals surface area contributed by atoms with Gasteiger partial charge in [-0.15, -0.1) is 0 Å². The fourth-order valence-corrected chi connectivity index (χ4v) is 1.14. The summed E-state index contributed by atoms with van der Waals surface area (Å²) in [4.78, 5) is 30.8. The van der Waals surface area contributed by atoms with Crippen molar-refractivity contribution in [3.05, 3.63) is 45.9 Å². The summed E-state index contributed by atoms with van der Waals surface area (Å²) >= 11 is 0. The van der Waals surface area contributed by atoms with Crippen molar-refractivity contribution in [1.82, 2.24) is 0 Å². The molecule has 1 rings (SSSR count). The number of carboxylic acid groups (broad SMARTS) is 2. The van der Waals surface area contributed by atoms with Gasteiger partial charge in [0.25, 0.3) is 5.69 Å². The number of nitrogens with one attached hydrogen (secondary N) is 1. The Kier molecular flexibility index (Phi) is 4.14. The number of halogens is 1. The number of carboxylic acids is 2. The van der Waals surface area contributed by atoms with Crippen molar-refractivity contribution in [1.29, 1.82) is 0 Å². The summed E-state index contributed by atoms with van der Waals surface area (Å²) < 4.78 is 12.8. The predicted octanol–water partition coefficient (Wildman–Crippen LogP) is 1.20. The summed E-state index contributed by atoms with van der Waals surface area (Å²) in [6.45, 7) is 0. The third-order valence-corrected chi connectivity index (χ3v) is 1.99. The molecule has 1 aromatic carbocycles. The molecule has 0 aromatic heterocycles. The molecular formula is C10H7FN2O6. The standard InChI is InChI=1S/C10H7FN2O6/c11-5-1-2-7(8(3-5)13(18)19)12-4-6(9(14)15)10(16)17/h1-4,12H,(H,14,15)(H,16,17). The lowest BCUT2D eigenvalue weighted by molar-refractivity contribution is -0.384. The number of benzene rings is 1. The second-order valence-corrected chi connectivity index (χ2v) is 3.23. The first kappa shape index (κ1) is 14.1. The third-order valence-electron chi connectivity index (χ3n) is 1.99. The van der Waals surface area contributed by atoms with Gasteiger partial charge in [0.1, 0.15) is 11.5 Å². The molecule has 0 fully saturated rings. The first-order chi connectivity index (χ1) is 8.82. The van der Waals surface area contributed by atoms with Crippen LogP contribution in [0.1, 0.15) is 0 Å². The van der Waals surface area contributed by atoms with Crippen LogP contribution in [0.5, 0.6) is 0 Å². The van der Waals surface area contributed by atoms with E-state index in [0.29, 0.717) is 12.3 Å². The average Bonchev–Trinajstić information content (AvgIpc) is 2.29. The number of aliphatic carboxylic acids is 2. The van der Waals surface area contributed by atoms with Crippen molar-refractivity contribution in [2.75, 3.05) is 5.32 Å². The van der Waals surface area contributed by atoms with Gasteiger partial charge in [-0.05, 0) is 12.1 Å². The molecule has 0 radical (unpaired) electrons. The van der Waals surface area contributed by atoms with E-state index < -0.39 is 33.9 Å². The van der Waals surface area contributed by atoms with Gasteiger partial charge in [0.15, 0.2) is 5.57 Å². The number of anilines is 1. The van der Waals surface area contributed by atoms with E-state index in [-0.39, 0.29) is 5.69 Å². The molecule has 0 bridgehead atoms. The Hall–Kier alpha value is -2.97. The Morgan fingerprint density at radius 2 is 1.89 bits per heavy atom. The van der Waals surface area contributed by atoms with Crippen LogP contribution < -0.4 is 5.32 Å². The van der Waals surface area contributed by atoms with Crippen LogP contribution in [0, 0.1) is 15.9 Å². The van der Waals surface area contributed by atoms with Gasteiger partial charge in [0.2, 0.25) is 0 Å². The average molecular weight is 270 g/mol. The van der Waals surface area contributed by atoms with E-state index in [1.54, 1.807) is 0 Å². The minimum Gasteiger partial charge on any atom is -0.477 e. The fourth-order valence-electron chi connectivity index (χ4n) is 1.14. The third kappa shape index (κ3) is 3.49. The number of nitrogens with zero attached hydrogens (tertiary/aromatic N) is 1. The zero-order valence-corrected chi connectivity index (χ0v) is 9.16. The largest absolute Gasteiger partial charge is 0.477 e. The van der Waals surface area contributed by atoms with Crippen LogP contribution in [0.4, 0.5) is 15.8 Å². The molecule has 0 saturated carbocycles. The smallest absolute Gasteiger partial charge is 0.344 e. The Morgan fingerprint density at radius 3 is 2.37 bits per heavy atom. The summed E-state index contributed by atoms with van der Waals surface area (Å²) in [6.07, 6.45) is 0.574. The Bertz CT molecular complexity index is 567. The first-order valence-corrected chi connectivity index (χ1v) is 4.70. The van der Waals surface area contributed by atoms with Gasteiger partial charge in [-0.3, -0.25) is 10.1 Å². The van der Waals surface area contributed by atoms with Crippen LogP contribution >= 0.6 is 0 Å². The van der Waals surface area contributed by atoms with Crippen LogP contribution in [0.2, 0.25) is 0 Å². The Labute approximate surface area is 104 Å². The highest BCUT2D eigenvalue weighted by Gasteiger charge is 2.18. The van der Waals surface area contributed by atoms with Gasteiger partial charge in [-0.1, -0.05) is 0 Å². The van der Waals surface area contributed by atoms with Gasteiger partial charge in [-0.25, -0.2) is 14.0 Å². The van der Waals surface area contributed by atoms with E-state index in [1.807, 2.05) is 0 Å². The Morgan fingerprint density at radius 1 is 1.32 bits per heavy atom.